The van der Waals surface area contributed by atoms with Crippen LogP contribution in [0.25, 0.3) is 10.9 Å². The van der Waals surface area contributed by atoms with Crippen LogP contribution in [-0.4, -0.2) is 13.1 Å². The van der Waals surface area contributed by atoms with Crippen LogP contribution in [0.3, 0.4) is 0 Å². The van der Waals surface area contributed by atoms with Gasteiger partial charge in [0.05, 0.1) is 5.52 Å². The third kappa shape index (κ3) is 3.18. The maximum absolute atomic E-state index is 4.44. The maximum Gasteiger partial charge on any atom is 0.129 e. The summed E-state index contributed by atoms with van der Waals surface area (Å²) in [5.41, 5.74) is 5.45. The highest BCUT2D eigenvalue weighted by Gasteiger charge is 2.08. The molecule has 1 aromatic carbocycles. The summed E-state index contributed by atoms with van der Waals surface area (Å²) in [4.78, 5) is 4.44. The van der Waals surface area contributed by atoms with Gasteiger partial charge in [-0.2, -0.15) is 0 Å². The zero-order valence-electron chi connectivity index (χ0n) is 10.2. The van der Waals surface area contributed by atoms with E-state index in [4.69, 9.17) is 0 Å². The first kappa shape index (κ1) is 12.3. The molecule has 1 heterocycles. The predicted octanol–water partition coefficient (Wildman–Crippen LogP) is 4.23. The number of para-hydroxylation sites is 1. The summed E-state index contributed by atoms with van der Waals surface area (Å²) < 4.78 is 0.844. The number of aromatic nitrogens is 1. The fourth-order valence-corrected chi connectivity index (χ4v) is 2.43. The highest BCUT2D eigenvalue weighted by molar-refractivity contribution is 9.10. The Morgan fingerprint density at radius 2 is 1.88 bits per heavy atom. The second-order valence-electron chi connectivity index (χ2n) is 5.01. The van der Waals surface area contributed by atoms with Crippen LogP contribution in [0.5, 0.6) is 0 Å². The van der Waals surface area contributed by atoms with Crippen molar-refractivity contribution in [3.8, 4) is 11.5 Å². The number of fused-ring (bicyclic) bond motifs is 1. The molecule has 0 bridgehead atoms. The minimum atomic E-state index is -1.34. The van der Waals surface area contributed by atoms with Gasteiger partial charge in [-0.05, 0) is 28.1 Å². The number of hydrogen-bond acceptors (Lipinski definition) is 1. The Morgan fingerprint density at radius 3 is 2.59 bits per heavy atom. The van der Waals surface area contributed by atoms with Crippen molar-refractivity contribution in [2.75, 3.05) is 0 Å². The van der Waals surface area contributed by atoms with E-state index in [0.29, 0.717) is 0 Å². The van der Waals surface area contributed by atoms with Crippen molar-refractivity contribution in [1.29, 1.82) is 0 Å². The van der Waals surface area contributed by atoms with Crippen LogP contribution in [0.1, 0.15) is 5.56 Å². The lowest BCUT2D eigenvalue weighted by molar-refractivity contribution is 1.34. The van der Waals surface area contributed by atoms with Crippen LogP contribution in [0.2, 0.25) is 19.6 Å². The summed E-state index contributed by atoms with van der Waals surface area (Å²) in [6.45, 7) is 6.75. The monoisotopic (exact) mass is 303 g/mol. The van der Waals surface area contributed by atoms with Gasteiger partial charge in [-0.3, -0.25) is 0 Å². The Labute approximate surface area is 111 Å². The van der Waals surface area contributed by atoms with Crippen molar-refractivity contribution < 1.29 is 0 Å². The topological polar surface area (TPSA) is 12.9 Å². The van der Waals surface area contributed by atoms with E-state index in [1.807, 2.05) is 24.3 Å². The average Bonchev–Trinajstić information content (AvgIpc) is 2.24. The molecule has 0 unspecified atom stereocenters. The van der Waals surface area contributed by atoms with Crippen molar-refractivity contribution >= 4 is 34.9 Å². The highest BCUT2D eigenvalue weighted by Crippen LogP contribution is 2.20. The average molecular weight is 304 g/mol. The van der Waals surface area contributed by atoms with Gasteiger partial charge >= 0.3 is 0 Å². The lowest BCUT2D eigenvalue weighted by Gasteiger charge is -2.05. The molecular weight excluding hydrogens is 290 g/mol. The summed E-state index contributed by atoms with van der Waals surface area (Å²) in [7, 11) is -1.34. The normalized spacial score (nSPS) is 11.1. The van der Waals surface area contributed by atoms with Crippen LogP contribution in [0.15, 0.2) is 34.9 Å². The lowest BCUT2D eigenvalue weighted by atomic mass is 10.1. The van der Waals surface area contributed by atoms with E-state index in [1.165, 1.54) is 0 Å². The molecule has 0 saturated heterocycles. The van der Waals surface area contributed by atoms with Crippen molar-refractivity contribution in [1.82, 2.24) is 4.98 Å². The van der Waals surface area contributed by atoms with Crippen LogP contribution >= 0.6 is 15.9 Å². The van der Waals surface area contributed by atoms with Crippen LogP contribution in [0.4, 0.5) is 0 Å². The molecule has 0 amide bonds. The number of pyridine rings is 1. The fourth-order valence-electron chi connectivity index (χ4n) is 1.50. The van der Waals surface area contributed by atoms with Crippen molar-refractivity contribution in [2.24, 2.45) is 0 Å². The van der Waals surface area contributed by atoms with Gasteiger partial charge in [0, 0.05) is 10.9 Å². The van der Waals surface area contributed by atoms with Gasteiger partial charge in [-0.1, -0.05) is 43.8 Å². The maximum atomic E-state index is 4.44. The Kier molecular flexibility index (Phi) is 3.37. The van der Waals surface area contributed by atoms with E-state index >= 15 is 0 Å². The number of nitrogens with zero attached hydrogens (tertiary/aromatic N) is 1. The minimum absolute atomic E-state index is 0.844. The summed E-state index contributed by atoms with van der Waals surface area (Å²) in [5.74, 6) is 3.31. The Bertz CT molecular complexity index is 617. The molecule has 1 nitrogen and oxygen atoms in total. The number of benzene rings is 1. The van der Waals surface area contributed by atoms with Gasteiger partial charge in [0.15, 0.2) is 0 Å². The van der Waals surface area contributed by atoms with Gasteiger partial charge in [0.2, 0.25) is 0 Å². The Morgan fingerprint density at radius 1 is 1.18 bits per heavy atom. The second-order valence-corrected chi connectivity index (χ2v) is 10.6. The van der Waals surface area contributed by atoms with Gasteiger partial charge in [0.1, 0.15) is 12.7 Å². The number of halogens is 1. The van der Waals surface area contributed by atoms with Crippen molar-refractivity contribution in [2.45, 2.75) is 19.6 Å². The zero-order chi connectivity index (χ0) is 12.5. The van der Waals surface area contributed by atoms with Crippen molar-refractivity contribution in [3.63, 3.8) is 0 Å². The Balaban J connectivity index is 2.63. The highest BCUT2D eigenvalue weighted by atomic mass is 79.9. The van der Waals surface area contributed by atoms with Crippen LogP contribution < -0.4 is 0 Å². The van der Waals surface area contributed by atoms with Crippen LogP contribution in [0, 0.1) is 11.5 Å². The Hall–Kier alpha value is -1.11. The SMILES string of the molecule is C[Si](C)(C)C#Cc1cc(Br)nc2ccccc12. The molecule has 17 heavy (non-hydrogen) atoms. The molecule has 0 aliphatic carbocycles. The quantitative estimate of drug-likeness (QED) is 0.403. The predicted molar refractivity (Wildman–Crippen MR) is 79.7 cm³/mol. The molecule has 1 aromatic heterocycles. The summed E-state index contributed by atoms with van der Waals surface area (Å²) >= 11 is 3.44. The molecular formula is C14H14BrNSi. The fraction of sp³-hybridized carbons (Fsp3) is 0.214. The minimum Gasteiger partial charge on any atom is -0.241 e. The molecule has 0 atom stereocenters. The van der Waals surface area contributed by atoms with Crippen LogP contribution in [-0.2, 0) is 0 Å². The van der Waals surface area contributed by atoms with E-state index in [1.54, 1.807) is 0 Å². The largest absolute Gasteiger partial charge is 0.241 e. The molecule has 0 aliphatic rings. The molecule has 0 saturated carbocycles. The van der Waals surface area contributed by atoms with Gasteiger partial charge in [-0.25, -0.2) is 4.98 Å². The van der Waals surface area contributed by atoms with E-state index in [2.05, 4.69) is 58.1 Å². The lowest BCUT2D eigenvalue weighted by Crippen LogP contribution is -2.16. The van der Waals surface area contributed by atoms with Gasteiger partial charge in [0.25, 0.3) is 0 Å². The molecule has 0 radical (unpaired) electrons. The molecule has 2 aromatic rings. The van der Waals surface area contributed by atoms with Gasteiger partial charge < -0.3 is 0 Å². The first-order valence-electron chi connectivity index (χ1n) is 5.54. The molecule has 0 N–H and O–H groups in total. The van der Waals surface area contributed by atoms with Crippen molar-refractivity contribution in [3.05, 3.63) is 40.5 Å². The molecule has 86 valence electrons. The summed E-state index contributed by atoms with van der Waals surface area (Å²) in [6, 6.07) is 10.1. The van der Waals surface area contributed by atoms with Gasteiger partial charge in [-0.15, -0.1) is 5.54 Å². The second kappa shape index (κ2) is 4.64. The molecule has 0 spiro atoms. The third-order valence-corrected chi connectivity index (χ3v) is 3.54. The molecule has 2 rings (SSSR count). The third-order valence-electron chi connectivity index (χ3n) is 2.26. The molecule has 0 fully saturated rings. The zero-order valence-corrected chi connectivity index (χ0v) is 12.8. The standard InChI is InChI=1S/C14H14BrNSi/c1-17(2,3)9-8-11-10-14(15)16-13-7-5-4-6-12(11)13/h4-7,10H,1-3H3. The van der Waals surface area contributed by atoms with E-state index in [-0.39, 0.29) is 0 Å². The van der Waals surface area contributed by atoms with E-state index < -0.39 is 8.07 Å². The van der Waals surface area contributed by atoms with E-state index in [0.717, 1.165) is 21.1 Å². The number of hydrogen-bond donors (Lipinski definition) is 0. The molecule has 3 heteroatoms. The summed E-state index contributed by atoms with van der Waals surface area (Å²) in [6.07, 6.45) is 0. The van der Waals surface area contributed by atoms with E-state index in [9.17, 15) is 0 Å². The smallest absolute Gasteiger partial charge is 0.129 e. The number of rotatable bonds is 0. The summed E-state index contributed by atoms with van der Waals surface area (Å²) in [5, 5.41) is 1.13. The molecule has 0 aliphatic heterocycles. The first-order chi connectivity index (χ1) is 7.96. The first-order valence-corrected chi connectivity index (χ1v) is 9.83.